The topological polar surface area (TPSA) is 115 Å². The highest BCUT2D eigenvalue weighted by Gasteiger charge is 2.54. The fourth-order valence-corrected chi connectivity index (χ4v) is 10.1. The van der Waals surface area contributed by atoms with Gasteiger partial charge in [-0.25, -0.2) is 4.79 Å². The van der Waals surface area contributed by atoms with Gasteiger partial charge in [-0.15, -0.1) is 0 Å². The second-order valence-corrected chi connectivity index (χ2v) is 17.3. The normalized spacial score (nSPS) is 24.4. The predicted molar refractivity (Wildman–Crippen MR) is 217 cm³/mol. The zero-order chi connectivity index (χ0) is 39.0. The molecule has 296 valence electrons. The molecule has 0 amide bonds. The molecule has 10 nitrogen and oxygen atoms in total. The SMILES string of the molecule is C[C@@H](COc1ccnc2c1CCCC2)CC1Cc2cc3c(cc2C12CCC(Nc1cccc(Cl)c1)(C(=O)O)CC2)OC(CN(C)Cc1ccc(=O)n(C)c1)CO3. The zero-order valence-electron chi connectivity index (χ0n) is 32.7. The number of halogens is 1. The molecular weight excluding hydrogens is 728 g/mol. The van der Waals surface area contributed by atoms with E-state index < -0.39 is 11.5 Å². The van der Waals surface area contributed by atoms with E-state index in [1.54, 1.807) is 29.8 Å². The van der Waals surface area contributed by atoms with E-state index in [0.717, 1.165) is 67.0 Å². The molecule has 2 unspecified atom stereocenters. The Kier molecular flexibility index (Phi) is 10.8. The number of anilines is 1. The van der Waals surface area contributed by atoms with Crippen molar-refractivity contribution >= 4 is 23.3 Å². The first-order valence-corrected chi connectivity index (χ1v) is 20.6. The molecular formula is C45H53ClN4O6. The number of rotatable bonds is 12. The van der Waals surface area contributed by atoms with Gasteiger partial charge < -0.3 is 29.2 Å². The van der Waals surface area contributed by atoms with Gasteiger partial charge in [-0.05, 0) is 142 Å². The van der Waals surface area contributed by atoms with Crippen LogP contribution in [0, 0.1) is 11.8 Å². The highest BCUT2D eigenvalue weighted by Crippen LogP contribution is 2.58. The van der Waals surface area contributed by atoms with Crippen molar-refractivity contribution in [1.29, 1.82) is 0 Å². The Bertz CT molecular complexity index is 2150. The maximum absolute atomic E-state index is 13.1. The summed E-state index contributed by atoms with van der Waals surface area (Å²) in [7, 11) is 3.82. The third-order valence-corrected chi connectivity index (χ3v) is 13.0. The number of nitrogens with zero attached hydrogens (tertiary/aromatic N) is 3. The van der Waals surface area contributed by atoms with E-state index in [1.807, 2.05) is 36.7 Å². The number of hydrogen-bond acceptors (Lipinski definition) is 8. The lowest BCUT2D eigenvalue weighted by molar-refractivity contribution is -0.144. The number of ether oxygens (including phenoxy) is 3. The van der Waals surface area contributed by atoms with Gasteiger partial charge >= 0.3 is 5.97 Å². The first kappa shape index (κ1) is 38.3. The number of pyridine rings is 2. The number of benzene rings is 2. The Labute approximate surface area is 334 Å². The molecule has 1 fully saturated rings. The highest BCUT2D eigenvalue weighted by molar-refractivity contribution is 6.30. The lowest BCUT2D eigenvalue weighted by atomic mass is 9.59. The van der Waals surface area contributed by atoms with E-state index in [4.69, 9.17) is 25.8 Å². The summed E-state index contributed by atoms with van der Waals surface area (Å²) < 4.78 is 21.2. The first-order chi connectivity index (χ1) is 27.0. The first-order valence-electron chi connectivity index (χ1n) is 20.2. The summed E-state index contributed by atoms with van der Waals surface area (Å²) in [6.07, 6.45) is 12.2. The van der Waals surface area contributed by atoms with Crippen LogP contribution >= 0.6 is 11.6 Å². The molecule has 8 rings (SSSR count). The Morgan fingerprint density at radius 3 is 2.71 bits per heavy atom. The number of nitrogens with one attached hydrogen (secondary N) is 1. The second kappa shape index (κ2) is 15.8. The summed E-state index contributed by atoms with van der Waals surface area (Å²) in [6, 6.07) is 17.2. The van der Waals surface area contributed by atoms with Crippen molar-refractivity contribution in [3.63, 3.8) is 0 Å². The number of aliphatic carboxylic acids is 1. The van der Waals surface area contributed by atoms with Crippen molar-refractivity contribution < 1.29 is 24.1 Å². The fourth-order valence-electron chi connectivity index (χ4n) is 9.93. The van der Waals surface area contributed by atoms with E-state index in [1.165, 1.54) is 35.2 Å². The molecule has 1 aliphatic heterocycles. The molecule has 3 atom stereocenters. The number of likely N-dealkylation sites (N-methyl/N-ethyl adjacent to an activating group) is 1. The van der Waals surface area contributed by atoms with Gasteiger partial charge in [0.05, 0.1) is 6.61 Å². The van der Waals surface area contributed by atoms with Crippen LogP contribution in [0.15, 0.2) is 71.8 Å². The van der Waals surface area contributed by atoms with E-state index >= 15 is 0 Å². The molecule has 4 aromatic rings. The average molecular weight is 781 g/mol. The van der Waals surface area contributed by atoms with Crippen molar-refractivity contribution in [1.82, 2.24) is 14.5 Å². The maximum Gasteiger partial charge on any atom is 0.329 e. The summed E-state index contributed by atoms with van der Waals surface area (Å²) in [5, 5.41) is 14.7. The van der Waals surface area contributed by atoms with Crippen molar-refractivity contribution in [3.05, 3.63) is 110 Å². The molecule has 1 spiro atoms. The van der Waals surface area contributed by atoms with Gasteiger partial charge in [-0.3, -0.25) is 14.7 Å². The lowest BCUT2D eigenvalue weighted by Crippen LogP contribution is -2.53. The number of aromatic nitrogens is 2. The summed E-state index contributed by atoms with van der Waals surface area (Å²) in [5.41, 5.74) is 5.39. The number of fused-ring (bicyclic) bond motifs is 4. The van der Waals surface area contributed by atoms with Crippen LogP contribution in [0.5, 0.6) is 17.2 Å². The molecule has 11 heteroatoms. The molecule has 2 aromatic carbocycles. The Hall–Kier alpha value is -4.54. The van der Waals surface area contributed by atoms with E-state index in [2.05, 4.69) is 41.3 Å². The highest BCUT2D eigenvalue weighted by atomic mass is 35.5. The predicted octanol–water partition coefficient (Wildman–Crippen LogP) is 7.61. The number of carboxylic acid groups (broad SMARTS) is 1. The Morgan fingerprint density at radius 2 is 1.93 bits per heavy atom. The largest absolute Gasteiger partial charge is 0.493 e. The summed E-state index contributed by atoms with van der Waals surface area (Å²) in [6.45, 7) is 4.67. The van der Waals surface area contributed by atoms with Crippen molar-refractivity contribution in [3.8, 4) is 17.2 Å². The fraction of sp³-hybridized carbons (Fsp3) is 0.489. The summed E-state index contributed by atoms with van der Waals surface area (Å²) in [4.78, 5) is 31.8. The van der Waals surface area contributed by atoms with Gasteiger partial charge in [0.2, 0.25) is 5.56 Å². The van der Waals surface area contributed by atoms with E-state index in [-0.39, 0.29) is 23.0 Å². The molecule has 2 N–H and O–H groups in total. The quantitative estimate of drug-likeness (QED) is 0.150. The van der Waals surface area contributed by atoms with Crippen LogP contribution in [0.3, 0.4) is 0 Å². The second-order valence-electron chi connectivity index (χ2n) is 16.9. The molecule has 3 heterocycles. The van der Waals surface area contributed by atoms with Crippen LogP contribution in [0.1, 0.15) is 79.8 Å². The Balaban J connectivity index is 1.03. The standard InChI is InChI=1S/C45H53ClN4O6/c1-29(27-54-39-13-18-47-38-10-5-4-9-36(38)39)19-32-20-31-21-40-41(56-35(28-55-40)26-49(2)24-30-11-12-42(51)50(3)25-30)23-37(31)44(32)14-16-45(17-15-44,43(52)53)48-34-8-6-7-33(46)22-34/h6-8,11-13,18,21-23,25,29,32,35,48H,4-5,9-10,14-17,19-20,24,26-28H2,1-3H3,(H,52,53)/t29-,32?,35?,44?,45?/m1/s1. The van der Waals surface area contributed by atoms with Crippen molar-refractivity contribution in [2.45, 2.75) is 94.7 Å². The zero-order valence-corrected chi connectivity index (χ0v) is 33.4. The van der Waals surface area contributed by atoms with Gasteiger partial charge in [0.25, 0.3) is 0 Å². The number of hydrogen-bond donors (Lipinski definition) is 2. The molecule has 0 saturated heterocycles. The lowest BCUT2D eigenvalue weighted by Gasteiger charge is -2.47. The van der Waals surface area contributed by atoms with E-state index in [0.29, 0.717) is 50.1 Å². The molecule has 56 heavy (non-hydrogen) atoms. The molecule has 0 radical (unpaired) electrons. The third-order valence-electron chi connectivity index (χ3n) is 12.8. The van der Waals surface area contributed by atoms with Gasteiger partial charge in [-0.1, -0.05) is 30.7 Å². The monoisotopic (exact) mass is 780 g/mol. The van der Waals surface area contributed by atoms with Crippen LogP contribution in [-0.4, -0.2) is 64.0 Å². The van der Waals surface area contributed by atoms with Gasteiger partial charge in [0.15, 0.2) is 11.5 Å². The van der Waals surface area contributed by atoms with Crippen molar-refractivity contribution in [2.75, 3.05) is 32.1 Å². The van der Waals surface area contributed by atoms with E-state index in [9.17, 15) is 14.7 Å². The molecule has 2 aromatic heterocycles. The summed E-state index contributed by atoms with van der Waals surface area (Å²) in [5.74, 6) is 2.24. The van der Waals surface area contributed by atoms with Crippen molar-refractivity contribution in [2.24, 2.45) is 18.9 Å². The number of carboxylic acids is 1. The smallest absolute Gasteiger partial charge is 0.329 e. The van der Waals surface area contributed by atoms with Crippen LogP contribution in [0.2, 0.25) is 5.02 Å². The molecule has 0 bridgehead atoms. The van der Waals surface area contributed by atoms with Crippen LogP contribution < -0.4 is 25.1 Å². The minimum absolute atomic E-state index is 0.0282. The van der Waals surface area contributed by atoms with Crippen LogP contribution in [0.4, 0.5) is 5.69 Å². The van der Waals surface area contributed by atoms with Gasteiger partial charge in [-0.2, -0.15) is 0 Å². The molecule has 3 aliphatic carbocycles. The number of carbonyl (C=O) groups is 1. The van der Waals surface area contributed by atoms with Gasteiger partial charge in [0, 0.05) is 60.6 Å². The number of aryl methyl sites for hydroxylation is 2. The van der Waals surface area contributed by atoms with Crippen LogP contribution in [0.25, 0.3) is 0 Å². The minimum atomic E-state index is -1.10. The molecule has 4 aliphatic rings. The maximum atomic E-state index is 13.1. The van der Waals surface area contributed by atoms with Gasteiger partial charge in [0.1, 0.15) is 24.0 Å². The average Bonchev–Trinajstić information content (AvgIpc) is 3.45. The minimum Gasteiger partial charge on any atom is -0.493 e. The molecule has 1 saturated carbocycles. The third kappa shape index (κ3) is 7.75. The van der Waals surface area contributed by atoms with Crippen LogP contribution in [-0.2, 0) is 43.1 Å². The Morgan fingerprint density at radius 1 is 1.11 bits per heavy atom. The summed E-state index contributed by atoms with van der Waals surface area (Å²) >= 11 is 6.32.